The van der Waals surface area contributed by atoms with Gasteiger partial charge in [0.2, 0.25) is 0 Å². The van der Waals surface area contributed by atoms with E-state index in [2.05, 4.69) is 29.6 Å². The van der Waals surface area contributed by atoms with Crippen LogP contribution < -0.4 is 5.32 Å². The summed E-state index contributed by atoms with van der Waals surface area (Å²) < 4.78 is 5.47. The molecule has 1 aliphatic heterocycles. The Balaban J connectivity index is 2.06. The van der Waals surface area contributed by atoms with Crippen LogP contribution in [0.25, 0.3) is 0 Å². The molecule has 1 aromatic carbocycles. The topological polar surface area (TPSA) is 25.2 Å². The number of fused-ring (bicyclic) bond motifs is 1. The van der Waals surface area contributed by atoms with Crippen LogP contribution in [0.15, 0.2) is 47.1 Å². The summed E-state index contributed by atoms with van der Waals surface area (Å²) in [5.41, 5.74) is 2.77. The van der Waals surface area contributed by atoms with Crippen molar-refractivity contribution < 1.29 is 4.42 Å². The molecule has 3 rings (SSSR count). The van der Waals surface area contributed by atoms with Crippen molar-refractivity contribution in [2.45, 2.75) is 12.5 Å². The van der Waals surface area contributed by atoms with Gasteiger partial charge in [0, 0.05) is 6.54 Å². The molecule has 0 saturated carbocycles. The lowest BCUT2D eigenvalue weighted by molar-refractivity contribution is 0.435. The highest BCUT2D eigenvalue weighted by atomic mass is 16.3. The number of hydrogen-bond donors (Lipinski definition) is 1. The van der Waals surface area contributed by atoms with E-state index in [0.717, 1.165) is 18.7 Å². The highest BCUT2D eigenvalue weighted by molar-refractivity contribution is 5.36. The normalized spacial score (nSPS) is 19.9. The number of rotatable bonds is 1. The Labute approximate surface area is 88.9 Å². The Bertz CT molecular complexity index is 447. The molecule has 15 heavy (non-hydrogen) atoms. The first-order chi connectivity index (χ1) is 7.45. The molecule has 2 aromatic rings. The Kier molecular flexibility index (Phi) is 2.07. The maximum atomic E-state index is 5.47. The fourth-order valence-electron chi connectivity index (χ4n) is 2.21. The van der Waals surface area contributed by atoms with E-state index in [-0.39, 0.29) is 6.04 Å². The summed E-state index contributed by atoms with van der Waals surface area (Å²) in [6.45, 7) is 1.02. The second-order valence-corrected chi connectivity index (χ2v) is 3.85. The lowest BCUT2D eigenvalue weighted by Gasteiger charge is -2.25. The van der Waals surface area contributed by atoms with Gasteiger partial charge in [0.25, 0.3) is 0 Å². The van der Waals surface area contributed by atoms with E-state index < -0.39 is 0 Å². The van der Waals surface area contributed by atoms with E-state index in [0.29, 0.717) is 0 Å². The number of furan rings is 1. The maximum Gasteiger partial charge on any atom is 0.125 e. The third kappa shape index (κ3) is 1.47. The first-order valence-corrected chi connectivity index (χ1v) is 5.30. The average Bonchev–Trinajstić information content (AvgIpc) is 2.82. The van der Waals surface area contributed by atoms with Gasteiger partial charge >= 0.3 is 0 Å². The fourth-order valence-corrected chi connectivity index (χ4v) is 2.21. The van der Waals surface area contributed by atoms with Gasteiger partial charge in [-0.1, -0.05) is 24.3 Å². The molecule has 0 bridgehead atoms. The van der Waals surface area contributed by atoms with Crippen molar-refractivity contribution in [1.29, 1.82) is 0 Å². The molecule has 1 N–H and O–H groups in total. The summed E-state index contributed by atoms with van der Waals surface area (Å²) in [4.78, 5) is 0. The minimum absolute atomic E-state index is 0.227. The van der Waals surface area contributed by atoms with Gasteiger partial charge in [-0.25, -0.2) is 0 Å². The third-order valence-electron chi connectivity index (χ3n) is 2.94. The molecule has 0 fully saturated rings. The highest BCUT2D eigenvalue weighted by Gasteiger charge is 2.22. The lowest BCUT2D eigenvalue weighted by atomic mass is 9.93. The van der Waals surface area contributed by atoms with Crippen LogP contribution in [0.4, 0.5) is 0 Å². The van der Waals surface area contributed by atoms with Crippen LogP contribution in [0, 0.1) is 0 Å². The zero-order chi connectivity index (χ0) is 10.1. The predicted molar refractivity (Wildman–Crippen MR) is 58.7 cm³/mol. The number of hydrogen-bond acceptors (Lipinski definition) is 2. The van der Waals surface area contributed by atoms with Gasteiger partial charge in [-0.15, -0.1) is 0 Å². The van der Waals surface area contributed by atoms with Crippen molar-refractivity contribution in [2.75, 3.05) is 6.54 Å². The summed E-state index contributed by atoms with van der Waals surface area (Å²) in [6.07, 6.45) is 2.83. The third-order valence-corrected chi connectivity index (χ3v) is 2.94. The van der Waals surface area contributed by atoms with Crippen LogP contribution in [-0.2, 0) is 6.42 Å². The first-order valence-electron chi connectivity index (χ1n) is 5.30. The molecule has 0 radical (unpaired) electrons. The second-order valence-electron chi connectivity index (χ2n) is 3.85. The van der Waals surface area contributed by atoms with Gasteiger partial charge in [-0.05, 0) is 29.7 Å². The highest BCUT2D eigenvalue weighted by Crippen LogP contribution is 2.28. The van der Waals surface area contributed by atoms with Crippen LogP contribution in [0.5, 0.6) is 0 Å². The molecule has 0 spiro atoms. The smallest absolute Gasteiger partial charge is 0.125 e. The van der Waals surface area contributed by atoms with Crippen LogP contribution >= 0.6 is 0 Å². The largest absolute Gasteiger partial charge is 0.467 e. The Morgan fingerprint density at radius 3 is 2.93 bits per heavy atom. The van der Waals surface area contributed by atoms with Crippen molar-refractivity contribution in [3.8, 4) is 0 Å². The summed E-state index contributed by atoms with van der Waals surface area (Å²) in [5.74, 6) is 1.00. The van der Waals surface area contributed by atoms with E-state index in [1.165, 1.54) is 11.1 Å². The molecule has 2 heteroatoms. The van der Waals surface area contributed by atoms with Gasteiger partial charge in [0.05, 0.1) is 12.3 Å². The number of nitrogens with one attached hydrogen (secondary N) is 1. The Morgan fingerprint density at radius 1 is 1.13 bits per heavy atom. The van der Waals surface area contributed by atoms with Gasteiger partial charge in [0.15, 0.2) is 0 Å². The molecule has 2 heterocycles. The summed E-state index contributed by atoms with van der Waals surface area (Å²) in [7, 11) is 0. The van der Waals surface area contributed by atoms with Crippen LogP contribution in [-0.4, -0.2) is 6.54 Å². The molecule has 0 saturated heterocycles. The molecule has 76 valence electrons. The molecule has 2 nitrogen and oxygen atoms in total. The molecule has 0 amide bonds. The van der Waals surface area contributed by atoms with Crippen LogP contribution in [0.2, 0.25) is 0 Å². The fraction of sp³-hybridized carbons (Fsp3) is 0.231. The minimum atomic E-state index is 0.227. The molecular formula is C13H13NO. The summed E-state index contributed by atoms with van der Waals surface area (Å²) in [5, 5.41) is 3.48. The SMILES string of the molecule is c1coc(C2NCCc3ccccc32)c1. The van der Waals surface area contributed by atoms with Crippen molar-refractivity contribution in [1.82, 2.24) is 5.32 Å². The van der Waals surface area contributed by atoms with Crippen molar-refractivity contribution in [3.63, 3.8) is 0 Å². The predicted octanol–water partition coefficient (Wildman–Crippen LogP) is 2.51. The molecule has 1 atom stereocenters. The van der Waals surface area contributed by atoms with E-state index >= 15 is 0 Å². The minimum Gasteiger partial charge on any atom is -0.467 e. The van der Waals surface area contributed by atoms with E-state index in [1.807, 2.05) is 12.1 Å². The second kappa shape index (κ2) is 3.55. The standard InChI is InChI=1S/C13H13NO/c1-2-5-11-10(4-1)7-8-14-13(11)12-6-3-9-15-12/h1-6,9,13-14H,7-8H2. The van der Waals surface area contributed by atoms with E-state index in [4.69, 9.17) is 4.42 Å². The van der Waals surface area contributed by atoms with Gasteiger partial charge < -0.3 is 9.73 Å². The Morgan fingerprint density at radius 2 is 2.07 bits per heavy atom. The van der Waals surface area contributed by atoms with Crippen molar-refractivity contribution in [3.05, 3.63) is 59.5 Å². The molecular weight excluding hydrogens is 186 g/mol. The van der Waals surface area contributed by atoms with Crippen molar-refractivity contribution in [2.24, 2.45) is 0 Å². The lowest BCUT2D eigenvalue weighted by Crippen LogP contribution is -2.30. The molecule has 1 aliphatic rings. The summed E-state index contributed by atoms with van der Waals surface area (Å²) >= 11 is 0. The zero-order valence-corrected chi connectivity index (χ0v) is 8.44. The molecule has 1 aromatic heterocycles. The number of benzene rings is 1. The van der Waals surface area contributed by atoms with Crippen LogP contribution in [0.3, 0.4) is 0 Å². The van der Waals surface area contributed by atoms with E-state index in [1.54, 1.807) is 6.26 Å². The Hall–Kier alpha value is -1.54. The van der Waals surface area contributed by atoms with Crippen LogP contribution in [0.1, 0.15) is 22.9 Å². The van der Waals surface area contributed by atoms with Gasteiger partial charge in [-0.2, -0.15) is 0 Å². The zero-order valence-electron chi connectivity index (χ0n) is 8.44. The monoisotopic (exact) mass is 199 g/mol. The average molecular weight is 199 g/mol. The summed E-state index contributed by atoms with van der Waals surface area (Å²) in [6, 6.07) is 12.8. The quantitative estimate of drug-likeness (QED) is 0.763. The molecule has 1 unspecified atom stereocenters. The molecule has 0 aliphatic carbocycles. The van der Waals surface area contributed by atoms with Gasteiger partial charge in [-0.3, -0.25) is 0 Å². The van der Waals surface area contributed by atoms with Crippen molar-refractivity contribution >= 4 is 0 Å². The first kappa shape index (κ1) is 8.74. The van der Waals surface area contributed by atoms with E-state index in [9.17, 15) is 0 Å². The van der Waals surface area contributed by atoms with Gasteiger partial charge in [0.1, 0.15) is 5.76 Å². The maximum absolute atomic E-state index is 5.47.